The largest absolute Gasteiger partial charge is 0.462 e. The molecule has 0 radical (unpaired) electrons. The van der Waals surface area contributed by atoms with Crippen LogP contribution >= 0.6 is 0 Å². The highest BCUT2D eigenvalue weighted by Gasteiger charge is 2.78. The van der Waals surface area contributed by atoms with Crippen molar-refractivity contribution in [3.8, 4) is 0 Å². The molecule has 3 aliphatic heterocycles. The zero-order valence-corrected chi connectivity index (χ0v) is 20.0. The van der Waals surface area contributed by atoms with E-state index in [4.69, 9.17) is 9.47 Å². The van der Waals surface area contributed by atoms with Gasteiger partial charge in [-0.2, -0.15) is 0 Å². The first-order valence-corrected chi connectivity index (χ1v) is 12.8. The predicted molar refractivity (Wildman–Crippen MR) is 125 cm³/mol. The molecule has 0 N–H and O–H groups in total. The molecule has 5 heteroatoms. The molecular formula is C27H38N2O3. The van der Waals surface area contributed by atoms with Crippen molar-refractivity contribution in [3.05, 3.63) is 29.8 Å². The molecule has 0 unspecified atom stereocenters. The highest BCUT2D eigenvalue weighted by Crippen LogP contribution is 2.70. The van der Waals surface area contributed by atoms with E-state index < -0.39 is 0 Å². The molecule has 1 spiro atoms. The topological polar surface area (TPSA) is 45.3 Å². The molecule has 5 aliphatic rings. The lowest BCUT2D eigenvalue weighted by molar-refractivity contribution is -0.146. The number of esters is 1. The number of nitrogens with zero attached hydrogens (tertiary/aromatic N) is 2. The van der Waals surface area contributed by atoms with Crippen LogP contribution in [0.5, 0.6) is 0 Å². The SMILES string of the molecule is Cc1cccc(N2CCN(C[C@H]3C(=O)O[C@@H]4C[C@@]5(C)CCC[C@H](C)[C@@]56O[C@H]6[C@@H]43)C[C@@H]2C)c1. The number of piperazine rings is 1. The van der Waals surface area contributed by atoms with Crippen LogP contribution in [-0.4, -0.2) is 60.9 Å². The molecule has 174 valence electrons. The van der Waals surface area contributed by atoms with Gasteiger partial charge in [-0.15, -0.1) is 0 Å². The molecule has 2 aliphatic carbocycles. The van der Waals surface area contributed by atoms with Crippen molar-refractivity contribution >= 4 is 11.7 Å². The summed E-state index contributed by atoms with van der Waals surface area (Å²) in [7, 11) is 0. The second-order valence-electron chi connectivity index (χ2n) is 11.7. The number of benzene rings is 1. The Bertz CT molecular complexity index is 920. The second kappa shape index (κ2) is 7.20. The summed E-state index contributed by atoms with van der Waals surface area (Å²) in [4.78, 5) is 18.1. The van der Waals surface area contributed by atoms with Crippen molar-refractivity contribution < 1.29 is 14.3 Å². The van der Waals surface area contributed by atoms with Gasteiger partial charge in [0.05, 0.1) is 12.0 Å². The van der Waals surface area contributed by atoms with Crippen molar-refractivity contribution in [2.75, 3.05) is 31.1 Å². The molecular weight excluding hydrogens is 400 g/mol. The Kier molecular flexibility index (Phi) is 4.72. The number of fused-ring (bicyclic) bond motifs is 2. The van der Waals surface area contributed by atoms with E-state index in [9.17, 15) is 4.79 Å². The van der Waals surface area contributed by atoms with Gasteiger partial charge in [0, 0.05) is 49.2 Å². The fraction of sp³-hybridized carbons (Fsp3) is 0.741. The Balaban J connectivity index is 1.16. The summed E-state index contributed by atoms with van der Waals surface area (Å²) in [5.74, 6) is 0.803. The number of anilines is 1. The maximum absolute atomic E-state index is 13.1. The highest BCUT2D eigenvalue weighted by atomic mass is 16.6. The number of carbonyl (C=O) groups is 1. The van der Waals surface area contributed by atoms with Crippen LogP contribution in [0.15, 0.2) is 24.3 Å². The molecule has 8 atom stereocenters. The number of hydrogen-bond donors (Lipinski definition) is 0. The summed E-state index contributed by atoms with van der Waals surface area (Å²) in [6.07, 6.45) is 4.98. The van der Waals surface area contributed by atoms with Crippen molar-refractivity contribution in [2.45, 2.75) is 77.2 Å². The van der Waals surface area contributed by atoms with Crippen molar-refractivity contribution in [2.24, 2.45) is 23.2 Å². The minimum atomic E-state index is -0.0410. The summed E-state index contributed by atoms with van der Waals surface area (Å²) in [5.41, 5.74) is 2.77. The number of rotatable bonds is 3. The van der Waals surface area contributed by atoms with E-state index in [0.29, 0.717) is 12.0 Å². The van der Waals surface area contributed by atoms with Crippen LogP contribution in [0.2, 0.25) is 0 Å². The van der Waals surface area contributed by atoms with Gasteiger partial charge in [-0.1, -0.05) is 32.4 Å². The third kappa shape index (κ3) is 2.93. The Morgan fingerprint density at radius 3 is 2.84 bits per heavy atom. The normalized spacial score (nSPS) is 45.6. The zero-order valence-electron chi connectivity index (χ0n) is 20.0. The maximum atomic E-state index is 13.1. The average Bonchev–Trinajstić information content (AvgIpc) is 3.43. The van der Waals surface area contributed by atoms with E-state index in [-0.39, 0.29) is 41.0 Å². The Morgan fingerprint density at radius 1 is 1.22 bits per heavy atom. The Labute approximate surface area is 192 Å². The van der Waals surface area contributed by atoms with Crippen LogP contribution in [0.25, 0.3) is 0 Å². The van der Waals surface area contributed by atoms with E-state index in [2.05, 4.69) is 61.8 Å². The van der Waals surface area contributed by atoms with Gasteiger partial charge in [0.15, 0.2) is 0 Å². The van der Waals surface area contributed by atoms with Gasteiger partial charge in [0.1, 0.15) is 11.7 Å². The van der Waals surface area contributed by atoms with Crippen LogP contribution in [0, 0.1) is 30.1 Å². The monoisotopic (exact) mass is 438 g/mol. The predicted octanol–water partition coefficient (Wildman–Crippen LogP) is 4.03. The van der Waals surface area contributed by atoms with E-state index in [0.717, 1.165) is 32.6 Å². The van der Waals surface area contributed by atoms with Gasteiger partial charge < -0.3 is 14.4 Å². The number of aryl methyl sites for hydroxylation is 1. The smallest absolute Gasteiger partial charge is 0.311 e. The second-order valence-corrected chi connectivity index (χ2v) is 11.7. The van der Waals surface area contributed by atoms with Crippen molar-refractivity contribution in [3.63, 3.8) is 0 Å². The van der Waals surface area contributed by atoms with Crippen LogP contribution in [0.1, 0.15) is 52.0 Å². The zero-order chi connectivity index (χ0) is 22.3. The van der Waals surface area contributed by atoms with Gasteiger partial charge >= 0.3 is 5.97 Å². The molecule has 0 amide bonds. The molecule has 1 aromatic carbocycles. The lowest BCUT2D eigenvalue weighted by Crippen LogP contribution is -2.56. The van der Waals surface area contributed by atoms with E-state index in [1.165, 1.54) is 30.5 Å². The molecule has 2 saturated carbocycles. The third-order valence-corrected chi connectivity index (χ3v) is 9.69. The Hall–Kier alpha value is -1.59. The first-order chi connectivity index (χ1) is 15.3. The summed E-state index contributed by atoms with van der Waals surface area (Å²) >= 11 is 0. The van der Waals surface area contributed by atoms with Crippen molar-refractivity contribution in [1.82, 2.24) is 4.90 Å². The molecule has 5 nitrogen and oxygen atoms in total. The molecule has 3 heterocycles. The van der Waals surface area contributed by atoms with Gasteiger partial charge in [0.2, 0.25) is 0 Å². The lowest BCUT2D eigenvalue weighted by Gasteiger charge is -2.49. The number of ether oxygens (including phenoxy) is 2. The first kappa shape index (κ1) is 21.0. The van der Waals surface area contributed by atoms with Crippen LogP contribution in [0.3, 0.4) is 0 Å². The molecule has 0 aromatic heterocycles. The van der Waals surface area contributed by atoms with Gasteiger partial charge in [-0.05, 0) is 56.7 Å². The van der Waals surface area contributed by atoms with Crippen LogP contribution < -0.4 is 4.90 Å². The van der Waals surface area contributed by atoms with E-state index >= 15 is 0 Å². The molecule has 32 heavy (non-hydrogen) atoms. The fourth-order valence-corrected chi connectivity index (χ4v) is 8.11. The summed E-state index contributed by atoms with van der Waals surface area (Å²) in [5, 5.41) is 0. The van der Waals surface area contributed by atoms with Gasteiger partial charge in [-0.3, -0.25) is 9.69 Å². The van der Waals surface area contributed by atoms with Gasteiger partial charge in [-0.25, -0.2) is 0 Å². The minimum absolute atomic E-state index is 0.00416. The number of hydrogen-bond acceptors (Lipinski definition) is 5. The van der Waals surface area contributed by atoms with E-state index in [1.54, 1.807) is 0 Å². The fourth-order valence-electron chi connectivity index (χ4n) is 8.11. The average molecular weight is 439 g/mol. The molecule has 3 saturated heterocycles. The minimum Gasteiger partial charge on any atom is -0.462 e. The number of epoxide rings is 1. The quantitative estimate of drug-likeness (QED) is 0.527. The number of carbonyl (C=O) groups excluding carboxylic acids is 1. The first-order valence-electron chi connectivity index (χ1n) is 12.8. The Morgan fingerprint density at radius 2 is 2.06 bits per heavy atom. The molecule has 5 fully saturated rings. The maximum Gasteiger partial charge on any atom is 0.311 e. The summed E-state index contributed by atoms with van der Waals surface area (Å²) < 4.78 is 12.7. The molecule has 1 aromatic rings. The summed E-state index contributed by atoms with van der Waals surface area (Å²) in [6, 6.07) is 9.22. The molecule has 0 bridgehead atoms. The van der Waals surface area contributed by atoms with E-state index in [1.807, 2.05) is 0 Å². The standard InChI is InChI=1S/C27H38N2O3/c1-17-7-5-9-20(13-17)29-12-11-28(15-19(29)3)16-21-23-22(31-25(21)30)14-26(4)10-6-8-18(2)27(26)24(23)32-27/h5,7,9,13,18-19,21-24H,6,8,10-12,14-16H2,1-4H3/t18-,19-,21+,22+,23+,24-,26+,27-/m0/s1. The lowest BCUT2D eigenvalue weighted by atomic mass is 9.53. The third-order valence-electron chi connectivity index (χ3n) is 9.69. The van der Waals surface area contributed by atoms with Crippen molar-refractivity contribution in [1.29, 1.82) is 0 Å². The highest BCUT2D eigenvalue weighted by molar-refractivity contribution is 5.76. The summed E-state index contributed by atoms with van der Waals surface area (Å²) in [6.45, 7) is 13.0. The van der Waals surface area contributed by atoms with Gasteiger partial charge in [0.25, 0.3) is 0 Å². The molecule has 6 rings (SSSR count). The van der Waals surface area contributed by atoms with Crippen LogP contribution in [0.4, 0.5) is 5.69 Å². The van der Waals surface area contributed by atoms with Crippen LogP contribution in [-0.2, 0) is 14.3 Å².